The van der Waals surface area contributed by atoms with E-state index in [0.29, 0.717) is 14.6 Å². The third-order valence-corrected chi connectivity index (χ3v) is 2.70. The number of aromatic hydroxyl groups is 1. The number of guanidine groups is 2. The van der Waals surface area contributed by atoms with Crippen LogP contribution in [0.2, 0.25) is 0 Å². The molecule has 1 aromatic rings. The molecule has 0 aliphatic carbocycles. The summed E-state index contributed by atoms with van der Waals surface area (Å²) in [7, 11) is 0. The second kappa shape index (κ2) is 5.17. The van der Waals surface area contributed by atoms with Crippen LogP contribution in [0.1, 0.15) is 0 Å². The van der Waals surface area contributed by atoms with E-state index < -0.39 is 0 Å². The van der Waals surface area contributed by atoms with Gasteiger partial charge in [-0.3, -0.25) is 0 Å². The zero-order valence-electron chi connectivity index (χ0n) is 7.98. The lowest BCUT2D eigenvalue weighted by atomic mass is 10.3. The Balaban J connectivity index is 3.12. The summed E-state index contributed by atoms with van der Waals surface area (Å²) in [6.07, 6.45) is 0. The van der Waals surface area contributed by atoms with Gasteiger partial charge in [-0.25, -0.2) is 4.99 Å². The van der Waals surface area contributed by atoms with Crippen LogP contribution >= 0.6 is 31.9 Å². The molecule has 0 fully saturated rings. The lowest BCUT2D eigenvalue weighted by Crippen LogP contribution is -2.26. The molecule has 0 spiro atoms. The van der Waals surface area contributed by atoms with Crippen LogP contribution < -0.4 is 17.2 Å². The second-order valence-corrected chi connectivity index (χ2v) is 4.47. The first kappa shape index (κ1) is 12.8. The fourth-order valence-electron chi connectivity index (χ4n) is 0.906. The summed E-state index contributed by atoms with van der Waals surface area (Å²) in [6.45, 7) is 0. The molecular weight excluding hydrogens is 342 g/mol. The second-order valence-electron chi connectivity index (χ2n) is 2.76. The van der Waals surface area contributed by atoms with E-state index in [4.69, 9.17) is 17.2 Å². The molecule has 1 rings (SSSR count). The maximum Gasteiger partial charge on any atom is 0.223 e. The summed E-state index contributed by atoms with van der Waals surface area (Å²) in [5.41, 5.74) is 16.2. The zero-order valence-corrected chi connectivity index (χ0v) is 11.2. The van der Waals surface area contributed by atoms with Crippen molar-refractivity contribution >= 4 is 49.5 Å². The van der Waals surface area contributed by atoms with Gasteiger partial charge in [0.2, 0.25) is 5.96 Å². The number of nitrogens with two attached hydrogens (primary N) is 3. The Hall–Kier alpha value is -1.28. The number of phenols is 1. The third-order valence-electron chi connectivity index (χ3n) is 1.49. The van der Waals surface area contributed by atoms with Crippen LogP contribution in [0.5, 0.6) is 5.75 Å². The van der Waals surface area contributed by atoms with Crippen molar-refractivity contribution in [2.45, 2.75) is 0 Å². The fraction of sp³-hybridized carbons (Fsp3) is 0. The van der Waals surface area contributed by atoms with Crippen LogP contribution in [0, 0.1) is 0 Å². The van der Waals surface area contributed by atoms with Crippen LogP contribution in [0.3, 0.4) is 0 Å². The fourth-order valence-corrected chi connectivity index (χ4v) is 2.07. The van der Waals surface area contributed by atoms with E-state index in [9.17, 15) is 5.11 Å². The smallest absolute Gasteiger partial charge is 0.223 e. The van der Waals surface area contributed by atoms with E-state index in [1.54, 1.807) is 12.1 Å². The third kappa shape index (κ3) is 3.38. The number of aliphatic imine (C=N–C) groups is 2. The summed E-state index contributed by atoms with van der Waals surface area (Å²) < 4.78 is 0.969. The van der Waals surface area contributed by atoms with Gasteiger partial charge in [-0.05, 0) is 44.0 Å². The van der Waals surface area contributed by atoms with E-state index in [2.05, 4.69) is 41.8 Å². The Labute approximate surface area is 109 Å². The molecule has 0 heterocycles. The van der Waals surface area contributed by atoms with Gasteiger partial charge in [0.1, 0.15) is 5.75 Å². The van der Waals surface area contributed by atoms with Gasteiger partial charge in [0.05, 0.1) is 14.6 Å². The van der Waals surface area contributed by atoms with Crippen LogP contribution in [0.4, 0.5) is 5.69 Å². The molecule has 0 aliphatic rings. The molecule has 16 heavy (non-hydrogen) atoms. The average molecular weight is 351 g/mol. The van der Waals surface area contributed by atoms with Crippen LogP contribution in [-0.4, -0.2) is 17.0 Å². The number of hydrogen-bond acceptors (Lipinski definition) is 2. The summed E-state index contributed by atoms with van der Waals surface area (Å²) in [6, 6.07) is 3.16. The molecule has 0 amide bonds. The lowest BCUT2D eigenvalue weighted by Gasteiger charge is -2.02. The minimum atomic E-state index is -0.168. The van der Waals surface area contributed by atoms with Crippen molar-refractivity contribution in [2.24, 2.45) is 27.2 Å². The van der Waals surface area contributed by atoms with Crippen molar-refractivity contribution < 1.29 is 5.11 Å². The van der Waals surface area contributed by atoms with E-state index in [0.717, 1.165) is 0 Å². The highest BCUT2D eigenvalue weighted by atomic mass is 79.9. The maximum absolute atomic E-state index is 9.47. The zero-order chi connectivity index (χ0) is 12.3. The van der Waals surface area contributed by atoms with Crippen LogP contribution in [-0.2, 0) is 0 Å². The largest absolute Gasteiger partial charge is 0.506 e. The predicted octanol–water partition coefficient (Wildman–Crippen LogP) is 1.14. The van der Waals surface area contributed by atoms with E-state index in [1.165, 1.54) is 0 Å². The first-order valence-corrected chi connectivity index (χ1v) is 5.60. The monoisotopic (exact) mass is 349 g/mol. The maximum atomic E-state index is 9.47. The summed E-state index contributed by atoms with van der Waals surface area (Å²) in [5.74, 6) is -0.151. The van der Waals surface area contributed by atoms with Crippen LogP contribution in [0.15, 0.2) is 31.1 Å². The molecule has 6 nitrogen and oxygen atoms in total. The Morgan fingerprint density at radius 1 is 1.12 bits per heavy atom. The topological polar surface area (TPSA) is 123 Å². The molecule has 0 unspecified atom stereocenters. The lowest BCUT2D eigenvalue weighted by molar-refractivity contribution is 0.468. The van der Waals surface area contributed by atoms with Crippen molar-refractivity contribution in [2.75, 3.05) is 0 Å². The quantitative estimate of drug-likeness (QED) is 0.447. The SMILES string of the molecule is NC(N)=NC(N)=Nc1cc(Br)c(O)c(Br)c1. The number of hydrogen-bond donors (Lipinski definition) is 4. The van der Waals surface area contributed by atoms with Crippen molar-refractivity contribution in [3.8, 4) is 5.75 Å². The van der Waals surface area contributed by atoms with Crippen molar-refractivity contribution in [1.29, 1.82) is 0 Å². The number of nitrogens with zero attached hydrogens (tertiary/aromatic N) is 2. The van der Waals surface area contributed by atoms with Crippen molar-refractivity contribution in [3.63, 3.8) is 0 Å². The molecule has 0 saturated heterocycles. The summed E-state index contributed by atoms with van der Waals surface area (Å²) in [4.78, 5) is 7.50. The predicted molar refractivity (Wildman–Crippen MR) is 70.6 cm³/mol. The van der Waals surface area contributed by atoms with Gasteiger partial charge < -0.3 is 22.3 Å². The average Bonchev–Trinajstić information content (AvgIpc) is 2.12. The van der Waals surface area contributed by atoms with Gasteiger partial charge in [-0.15, -0.1) is 0 Å². The van der Waals surface area contributed by atoms with Gasteiger partial charge in [0, 0.05) is 0 Å². The Bertz CT molecular complexity index is 444. The summed E-state index contributed by atoms with van der Waals surface area (Å²) >= 11 is 6.32. The van der Waals surface area contributed by atoms with E-state index in [-0.39, 0.29) is 17.7 Å². The molecule has 0 radical (unpaired) electrons. The molecule has 86 valence electrons. The number of rotatable bonds is 1. The molecule has 0 aliphatic heterocycles. The Morgan fingerprint density at radius 2 is 1.62 bits per heavy atom. The molecule has 8 heteroatoms. The Morgan fingerprint density at radius 3 is 2.06 bits per heavy atom. The molecule has 0 bridgehead atoms. The first-order chi connectivity index (χ1) is 7.40. The number of halogens is 2. The first-order valence-electron chi connectivity index (χ1n) is 4.02. The highest BCUT2D eigenvalue weighted by Crippen LogP contribution is 2.36. The van der Waals surface area contributed by atoms with Gasteiger partial charge >= 0.3 is 0 Å². The normalized spacial score (nSPS) is 11.2. The molecule has 0 atom stereocenters. The molecule has 1 aromatic carbocycles. The minimum Gasteiger partial charge on any atom is -0.506 e. The van der Waals surface area contributed by atoms with Gasteiger partial charge in [-0.2, -0.15) is 4.99 Å². The standard InChI is InChI=1S/C8H9Br2N5O/c9-4-1-3(2-5(10)6(4)16)14-8(13)15-7(11)12/h1-2,16H,(H6,11,12,13,14,15). The molecule has 0 saturated carbocycles. The van der Waals surface area contributed by atoms with Gasteiger partial charge in [0.25, 0.3) is 0 Å². The highest BCUT2D eigenvalue weighted by Gasteiger charge is 2.05. The number of phenolic OH excluding ortho intramolecular Hbond substituents is 1. The van der Waals surface area contributed by atoms with Crippen molar-refractivity contribution in [3.05, 3.63) is 21.1 Å². The summed E-state index contributed by atoms with van der Waals surface area (Å²) in [5, 5.41) is 9.47. The minimum absolute atomic E-state index is 0.0653. The molecular formula is C8H9Br2N5O. The highest BCUT2D eigenvalue weighted by molar-refractivity contribution is 9.11. The molecule has 7 N–H and O–H groups in total. The van der Waals surface area contributed by atoms with Gasteiger partial charge in [-0.1, -0.05) is 0 Å². The Kier molecular flexibility index (Phi) is 4.13. The molecule has 0 aromatic heterocycles. The van der Waals surface area contributed by atoms with Gasteiger partial charge in [0.15, 0.2) is 5.96 Å². The van der Waals surface area contributed by atoms with Crippen LogP contribution in [0.25, 0.3) is 0 Å². The van der Waals surface area contributed by atoms with Crippen molar-refractivity contribution in [1.82, 2.24) is 0 Å². The van der Waals surface area contributed by atoms with E-state index >= 15 is 0 Å². The van der Waals surface area contributed by atoms with E-state index in [1.807, 2.05) is 0 Å². The number of benzene rings is 1.